The van der Waals surface area contributed by atoms with Gasteiger partial charge in [0.1, 0.15) is 11.1 Å². The predicted octanol–water partition coefficient (Wildman–Crippen LogP) is 7.45. The normalized spacial score (nSPS) is 11.8. The van der Waals surface area contributed by atoms with Gasteiger partial charge < -0.3 is 0 Å². The molecule has 2 aromatic carbocycles. The average Bonchev–Trinajstić information content (AvgIpc) is 2.85. The predicted molar refractivity (Wildman–Crippen MR) is 137 cm³/mol. The van der Waals surface area contributed by atoms with Crippen molar-refractivity contribution in [2.45, 2.75) is 50.5 Å². The van der Waals surface area contributed by atoms with Crippen LogP contribution in [0.1, 0.15) is 51.0 Å². The highest BCUT2D eigenvalue weighted by Gasteiger charge is 2.16. The highest BCUT2D eigenvalue weighted by molar-refractivity contribution is 8.10. The monoisotopic (exact) mass is 462 g/mol. The largest absolute Gasteiger partial charge is 0.259 e. The van der Waals surface area contributed by atoms with Crippen LogP contribution in [0.15, 0.2) is 71.8 Å². The first-order valence-electron chi connectivity index (χ1n) is 11.3. The summed E-state index contributed by atoms with van der Waals surface area (Å²) in [6, 6.07) is 24.3. The second kappa shape index (κ2) is 13.2. The molecule has 5 heteroatoms. The molecular weight excluding hydrogens is 432 g/mol. The molecule has 0 saturated carbocycles. The van der Waals surface area contributed by atoms with E-state index < -0.39 is 10.8 Å². The molecule has 0 radical (unpaired) electrons. The molecule has 1 aromatic heterocycles. The van der Waals surface area contributed by atoms with E-state index >= 15 is 0 Å². The summed E-state index contributed by atoms with van der Waals surface area (Å²) in [5, 5.41) is 11.1. The zero-order chi connectivity index (χ0) is 22.6. The molecule has 1 atom stereocenters. The summed E-state index contributed by atoms with van der Waals surface area (Å²) in [6.45, 7) is 2.21. The molecule has 32 heavy (non-hydrogen) atoms. The minimum atomic E-state index is -0.927. The van der Waals surface area contributed by atoms with Gasteiger partial charge in [0.2, 0.25) is 0 Å². The van der Waals surface area contributed by atoms with Crippen LogP contribution in [-0.2, 0) is 10.8 Å². The van der Waals surface area contributed by atoms with Crippen LogP contribution in [0.2, 0.25) is 0 Å². The van der Waals surface area contributed by atoms with Gasteiger partial charge in [0.05, 0.1) is 16.3 Å². The fourth-order valence-corrected chi connectivity index (χ4v) is 5.99. The molecule has 0 amide bonds. The van der Waals surface area contributed by atoms with Gasteiger partial charge in [-0.05, 0) is 18.1 Å². The van der Waals surface area contributed by atoms with Gasteiger partial charge in [-0.1, -0.05) is 111 Å². The molecule has 3 rings (SSSR count). The maximum Gasteiger partial charge on any atom is 0.116 e. The summed E-state index contributed by atoms with van der Waals surface area (Å²) < 4.78 is 12.6. The summed E-state index contributed by atoms with van der Waals surface area (Å²) in [6.07, 6.45) is 7.14. The standard InChI is InChI=1S/C27H30N2OS2/c1-2-3-4-5-6-13-18-32(30)21-31-27-25(20-28)24(22-14-9-7-10-15-22)19-26(29-27)23-16-11-8-12-17-23/h7-12,14-17,19H,2-6,13,18,21H2,1H3. The minimum Gasteiger partial charge on any atom is -0.259 e. The van der Waals surface area contributed by atoms with Gasteiger partial charge in [0.25, 0.3) is 0 Å². The quantitative estimate of drug-likeness (QED) is 0.207. The van der Waals surface area contributed by atoms with Gasteiger partial charge in [-0.3, -0.25) is 4.21 Å². The van der Waals surface area contributed by atoms with E-state index in [0.717, 1.165) is 35.2 Å². The molecule has 3 nitrogen and oxygen atoms in total. The van der Waals surface area contributed by atoms with E-state index in [0.29, 0.717) is 21.4 Å². The lowest BCUT2D eigenvalue weighted by molar-refractivity contribution is 0.622. The number of unbranched alkanes of at least 4 members (excludes halogenated alkanes) is 5. The smallest absolute Gasteiger partial charge is 0.116 e. The van der Waals surface area contributed by atoms with E-state index in [1.165, 1.54) is 37.4 Å². The van der Waals surface area contributed by atoms with Gasteiger partial charge in [-0.2, -0.15) is 5.26 Å². The van der Waals surface area contributed by atoms with Crippen molar-refractivity contribution in [3.8, 4) is 28.5 Å². The molecule has 0 aliphatic rings. The first-order valence-corrected chi connectivity index (χ1v) is 13.7. The molecule has 3 aromatic rings. The minimum absolute atomic E-state index is 0.461. The topological polar surface area (TPSA) is 53.8 Å². The van der Waals surface area contributed by atoms with Crippen LogP contribution in [0.4, 0.5) is 0 Å². The summed E-state index contributed by atoms with van der Waals surface area (Å²) in [5.41, 5.74) is 4.24. The average molecular weight is 463 g/mol. The number of thioether (sulfide) groups is 1. The fourth-order valence-electron chi connectivity index (χ4n) is 3.56. The van der Waals surface area contributed by atoms with Crippen molar-refractivity contribution in [2.75, 3.05) is 10.8 Å². The van der Waals surface area contributed by atoms with E-state index in [2.05, 4.69) is 13.0 Å². The van der Waals surface area contributed by atoms with E-state index in [1.54, 1.807) is 0 Å². The fraction of sp³-hybridized carbons (Fsp3) is 0.333. The molecule has 1 unspecified atom stereocenters. The molecule has 0 fully saturated rings. The van der Waals surface area contributed by atoms with Crippen molar-refractivity contribution in [3.63, 3.8) is 0 Å². The third kappa shape index (κ3) is 7.05. The second-order valence-electron chi connectivity index (χ2n) is 7.75. The lowest BCUT2D eigenvalue weighted by atomic mass is 9.99. The molecular formula is C27H30N2OS2. The number of benzene rings is 2. The zero-order valence-electron chi connectivity index (χ0n) is 18.6. The third-order valence-corrected chi connectivity index (χ3v) is 8.14. The Bertz CT molecular complexity index is 1050. The number of aromatic nitrogens is 1. The zero-order valence-corrected chi connectivity index (χ0v) is 20.3. The lowest BCUT2D eigenvalue weighted by Gasteiger charge is -2.12. The Morgan fingerprint density at radius 2 is 1.53 bits per heavy atom. The van der Waals surface area contributed by atoms with Crippen LogP contribution in [-0.4, -0.2) is 20.0 Å². The summed E-state index contributed by atoms with van der Waals surface area (Å²) in [7, 11) is -0.927. The van der Waals surface area contributed by atoms with Crippen molar-refractivity contribution in [3.05, 3.63) is 72.3 Å². The van der Waals surface area contributed by atoms with E-state index in [9.17, 15) is 9.47 Å². The highest BCUT2D eigenvalue weighted by atomic mass is 32.2. The summed E-state index contributed by atoms with van der Waals surface area (Å²) in [4.78, 5) is 4.81. The SMILES string of the molecule is CCCCCCCCS(=O)CSc1nc(-c2ccccc2)cc(-c2ccccc2)c1C#N. The Hall–Kier alpha value is -2.42. The Morgan fingerprint density at radius 1 is 0.906 bits per heavy atom. The first-order chi connectivity index (χ1) is 15.7. The van der Waals surface area contributed by atoms with Crippen LogP contribution >= 0.6 is 11.8 Å². The summed E-state index contributed by atoms with van der Waals surface area (Å²) >= 11 is 1.44. The molecule has 0 aliphatic carbocycles. The Labute approximate surface area is 198 Å². The number of rotatable bonds is 12. The van der Waals surface area contributed by atoms with E-state index in [4.69, 9.17) is 4.98 Å². The third-order valence-electron chi connectivity index (χ3n) is 5.31. The van der Waals surface area contributed by atoms with Gasteiger partial charge in [-0.15, -0.1) is 0 Å². The Morgan fingerprint density at radius 3 is 2.19 bits per heavy atom. The van der Waals surface area contributed by atoms with Crippen molar-refractivity contribution in [1.29, 1.82) is 5.26 Å². The van der Waals surface area contributed by atoms with E-state index in [-0.39, 0.29) is 0 Å². The Kier molecular flexibility index (Phi) is 9.99. The number of nitrogens with zero attached hydrogens (tertiary/aromatic N) is 2. The molecule has 166 valence electrons. The molecule has 0 N–H and O–H groups in total. The van der Waals surface area contributed by atoms with Crippen LogP contribution in [0, 0.1) is 11.3 Å². The van der Waals surface area contributed by atoms with Crippen molar-refractivity contribution in [1.82, 2.24) is 4.98 Å². The molecule has 1 heterocycles. The maximum atomic E-state index is 12.6. The number of hydrogen-bond acceptors (Lipinski definition) is 4. The molecule has 0 spiro atoms. The maximum absolute atomic E-state index is 12.6. The number of pyridine rings is 1. The van der Waals surface area contributed by atoms with Gasteiger partial charge >= 0.3 is 0 Å². The highest BCUT2D eigenvalue weighted by Crippen LogP contribution is 2.34. The lowest BCUT2D eigenvalue weighted by Crippen LogP contribution is -2.02. The second-order valence-corrected chi connectivity index (χ2v) is 10.7. The molecule has 0 aliphatic heterocycles. The summed E-state index contributed by atoms with van der Waals surface area (Å²) in [5.74, 6) is 0.713. The number of nitriles is 1. The Balaban J connectivity index is 1.78. The van der Waals surface area contributed by atoms with Crippen molar-refractivity contribution in [2.24, 2.45) is 0 Å². The van der Waals surface area contributed by atoms with Crippen molar-refractivity contribution >= 4 is 22.6 Å². The van der Waals surface area contributed by atoms with Gasteiger partial charge in [0.15, 0.2) is 0 Å². The van der Waals surface area contributed by atoms with Crippen LogP contribution < -0.4 is 0 Å². The van der Waals surface area contributed by atoms with Crippen LogP contribution in [0.3, 0.4) is 0 Å². The molecule has 0 saturated heterocycles. The van der Waals surface area contributed by atoms with Crippen molar-refractivity contribution < 1.29 is 4.21 Å². The van der Waals surface area contributed by atoms with Gasteiger partial charge in [-0.25, -0.2) is 4.98 Å². The van der Waals surface area contributed by atoms with Crippen LogP contribution in [0.25, 0.3) is 22.4 Å². The van der Waals surface area contributed by atoms with E-state index in [1.807, 2.05) is 66.7 Å². The number of hydrogen-bond donors (Lipinski definition) is 0. The first kappa shape index (κ1) is 24.2. The molecule has 0 bridgehead atoms. The van der Waals surface area contributed by atoms with Gasteiger partial charge in [0, 0.05) is 27.7 Å². The van der Waals surface area contributed by atoms with Crippen LogP contribution in [0.5, 0.6) is 0 Å².